The second-order valence-electron chi connectivity index (χ2n) is 4.72. The van der Waals surface area contributed by atoms with Crippen LogP contribution < -0.4 is 11.1 Å². The van der Waals surface area contributed by atoms with Gasteiger partial charge in [0.15, 0.2) is 23.2 Å². The van der Waals surface area contributed by atoms with Crippen molar-refractivity contribution in [2.24, 2.45) is 0 Å². The van der Waals surface area contributed by atoms with Gasteiger partial charge in [0.05, 0.1) is 6.61 Å². The zero-order chi connectivity index (χ0) is 15.1. The molecule has 0 unspecified atom stereocenters. The van der Waals surface area contributed by atoms with Gasteiger partial charge in [-0.1, -0.05) is 0 Å². The van der Waals surface area contributed by atoms with Gasteiger partial charge >= 0.3 is 0 Å². The van der Waals surface area contributed by atoms with E-state index < -0.39 is 31.1 Å². The van der Waals surface area contributed by atoms with Crippen molar-refractivity contribution in [3.63, 3.8) is 0 Å². The third-order valence-electron chi connectivity index (χ3n) is 3.50. The maximum absolute atomic E-state index is 10.1. The molecule has 2 aromatic heterocycles. The number of hydrogen-bond donors (Lipinski definition) is 5. The number of aromatic nitrogens is 4. The van der Waals surface area contributed by atoms with Gasteiger partial charge in [0, 0.05) is 7.05 Å². The molecule has 1 saturated heterocycles. The van der Waals surface area contributed by atoms with Crippen LogP contribution in [0.4, 0.5) is 11.8 Å². The molecular formula is C11H16N6O4. The quantitative estimate of drug-likeness (QED) is 0.435. The number of aliphatic hydroxyl groups excluding tert-OH is 3. The van der Waals surface area contributed by atoms with E-state index in [9.17, 15) is 15.3 Å². The summed E-state index contributed by atoms with van der Waals surface area (Å²) in [4.78, 5) is 12.2. The topological polar surface area (TPSA) is 152 Å². The van der Waals surface area contributed by atoms with Crippen LogP contribution in [-0.4, -0.2) is 66.8 Å². The van der Waals surface area contributed by atoms with Crippen molar-refractivity contribution < 1.29 is 20.1 Å². The van der Waals surface area contributed by atoms with Gasteiger partial charge in [0.25, 0.3) is 0 Å². The van der Waals surface area contributed by atoms with Gasteiger partial charge in [-0.2, -0.15) is 0 Å². The van der Waals surface area contributed by atoms with Crippen LogP contribution >= 0.6 is 0 Å². The summed E-state index contributed by atoms with van der Waals surface area (Å²) in [5, 5.41) is 32.0. The van der Waals surface area contributed by atoms with Crippen LogP contribution in [-0.2, 0) is 4.74 Å². The van der Waals surface area contributed by atoms with E-state index in [1.165, 1.54) is 10.9 Å². The van der Waals surface area contributed by atoms with E-state index in [2.05, 4.69) is 20.3 Å². The average molecular weight is 296 g/mol. The van der Waals surface area contributed by atoms with E-state index in [0.717, 1.165) is 0 Å². The smallest absolute Gasteiger partial charge is 0.207 e. The highest BCUT2D eigenvalue weighted by Gasteiger charge is 2.44. The van der Waals surface area contributed by atoms with Crippen molar-refractivity contribution in [2.45, 2.75) is 24.5 Å². The summed E-state index contributed by atoms with van der Waals surface area (Å²) in [5.41, 5.74) is 6.48. The highest BCUT2D eigenvalue weighted by molar-refractivity contribution is 5.84. The van der Waals surface area contributed by atoms with E-state index in [1.807, 2.05) is 0 Å². The second kappa shape index (κ2) is 5.07. The molecule has 2 aromatic rings. The van der Waals surface area contributed by atoms with Gasteiger partial charge in [0.1, 0.15) is 24.6 Å². The molecule has 0 aromatic carbocycles. The number of rotatable bonds is 3. The van der Waals surface area contributed by atoms with Gasteiger partial charge in [-0.25, -0.2) is 15.0 Å². The number of nitrogens with one attached hydrogen (secondary N) is 1. The van der Waals surface area contributed by atoms with Crippen LogP contribution in [0.2, 0.25) is 0 Å². The maximum Gasteiger partial charge on any atom is 0.207 e. The number of imidazole rings is 1. The number of anilines is 2. The van der Waals surface area contributed by atoms with Crippen molar-refractivity contribution in [1.29, 1.82) is 0 Å². The van der Waals surface area contributed by atoms with E-state index in [1.54, 1.807) is 7.05 Å². The molecule has 0 bridgehead atoms. The molecule has 114 valence electrons. The Kier molecular flexibility index (Phi) is 3.37. The molecular weight excluding hydrogens is 280 g/mol. The first kappa shape index (κ1) is 13.9. The first-order valence-electron chi connectivity index (χ1n) is 6.37. The molecule has 1 aliphatic rings. The Hall–Kier alpha value is -2.01. The molecule has 1 fully saturated rings. The monoisotopic (exact) mass is 296 g/mol. The van der Waals surface area contributed by atoms with Crippen LogP contribution in [0.25, 0.3) is 11.2 Å². The molecule has 4 atom stereocenters. The molecule has 10 nitrogen and oxygen atoms in total. The maximum atomic E-state index is 10.1. The lowest BCUT2D eigenvalue weighted by atomic mass is 10.1. The zero-order valence-electron chi connectivity index (χ0n) is 11.2. The summed E-state index contributed by atoms with van der Waals surface area (Å²) in [5.74, 6) is 0.550. The van der Waals surface area contributed by atoms with E-state index in [0.29, 0.717) is 17.1 Å². The summed E-state index contributed by atoms with van der Waals surface area (Å²) < 4.78 is 6.98. The third kappa shape index (κ3) is 2.00. The van der Waals surface area contributed by atoms with Crippen LogP contribution in [0.3, 0.4) is 0 Å². The molecule has 21 heavy (non-hydrogen) atoms. The molecule has 0 radical (unpaired) electrons. The van der Waals surface area contributed by atoms with E-state index >= 15 is 0 Å². The molecule has 0 aliphatic carbocycles. The number of hydrogen-bond acceptors (Lipinski definition) is 9. The molecule has 6 N–H and O–H groups in total. The van der Waals surface area contributed by atoms with Gasteiger partial charge in [-0.15, -0.1) is 0 Å². The first-order chi connectivity index (χ1) is 10.1. The molecule has 0 amide bonds. The van der Waals surface area contributed by atoms with E-state index in [-0.39, 0.29) is 5.82 Å². The number of aliphatic hydroxyl groups is 3. The Morgan fingerprint density at radius 1 is 1.38 bits per heavy atom. The van der Waals surface area contributed by atoms with Crippen LogP contribution in [0, 0.1) is 0 Å². The first-order valence-corrected chi connectivity index (χ1v) is 6.37. The van der Waals surface area contributed by atoms with Crippen LogP contribution in [0.15, 0.2) is 6.33 Å². The molecule has 0 spiro atoms. The Balaban J connectivity index is 2.14. The Morgan fingerprint density at radius 3 is 2.76 bits per heavy atom. The zero-order valence-corrected chi connectivity index (χ0v) is 11.2. The number of nitrogens with zero attached hydrogens (tertiary/aromatic N) is 4. The lowest BCUT2D eigenvalue weighted by Gasteiger charge is -2.18. The van der Waals surface area contributed by atoms with Gasteiger partial charge in [0.2, 0.25) is 5.95 Å². The summed E-state index contributed by atoms with van der Waals surface area (Å²) in [6.45, 7) is -0.409. The van der Waals surface area contributed by atoms with Crippen molar-refractivity contribution in [3.05, 3.63) is 6.33 Å². The van der Waals surface area contributed by atoms with Crippen molar-refractivity contribution >= 4 is 22.9 Å². The fourth-order valence-corrected chi connectivity index (χ4v) is 2.44. The Morgan fingerprint density at radius 2 is 2.14 bits per heavy atom. The van der Waals surface area contributed by atoms with Gasteiger partial charge in [-0.3, -0.25) is 4.57 Å². The SMILES string of the molecule is CNc1nc2c(N)ncnc2n1[C@@H]1O[C@@H](CO)[C@@H](O)[C@@H]1O. The van der Waals surface area contributed by atoms with Crippen molar-refractivity contribution in [2.75, 3.05) is 24.7 Å². The highest BCUT2D eigenvalue weighted by Crippen LogP contribution is 2.34. The highest BCUT2D eigenvalue weighted by atomic mass is 16.6. The predicted octanol–water partition coefficient (Wildman–Crippen LogP) is -1.94. The summed E-state index contributed by atoms with van der Waals surface area (Å²) >= 11 is 0. The molecule has 3 heterocycles. The molecule has 0 saturated carbocycles. The normalized spacial score (nSPS) is 29.1. The lowest BCUT2D eigenvalue weighted by molar-refractivity contribution is -0.0501. The number of ether oxygens (including phenoxy) is 1. The summed E-state index contributed by atoms with van der Waals surface area (Å²) in [6, 6.07) is 0. The minimum atomic E-state index is -1.23. The van der Waals surface area contributed by atoms with Crippen molar-refractivity contribution in [3.8, 4) is 0 Å². The second-order valence-corrected chi connectivity index (χ2v) is 4.72. The van der Waals surface area contributed by atoms with Crippen LogP contribution in [0.5, 0.6) is 0 Å². The Bertz CT molecular complexity index is 661. The largest absolute Gasteiger partial charge is 0.394 e. The third-order valence-corrected chi connectivity index (χ3v) is 3.50. The van der Waals surface area contributed by atoms with Crippen LogP contribution in [0.1, 0.15) is 6.23 Å². The number of fused-ring (bicyclic) bond motifs is 1. The molecule has 3 rings (SSSR count). The fourth-order valence-electron chi connectivity index (χ4n) is 2.44. The molecule has 10 heteroatoms. The lowest BCUT2D eigenvalue weighted by Crippen LogP contribution is -2.33. The number of nitrogens with two attached hydrogens (primary N) is 1. The summed E-state index contributed by atoms with van der Waals surface area (Å²) in [7, 11) is 1.64. The van der Waals surface area contributed by atoms with E-state index in [4.69, 9.17) is 10.5 Å². The minimum Gasteiger partial charge on any atom is -0.394 e. The van der Waals surface area contributed by atoms with Crippen molar-refractivity contribution in [1.82, 2.24) is 19.5 Å². The standard InChI is InChI=1S/C11H16N6O4/c1-13-11-16-5-8(12)14-3-15-9(5)17(11)10-7(20)6(19)4(2-18)21-10/h3-4,6-7,10,18-20H,2H2,1H3,(H,13,16)(H2,12,14,15)/t4-,6+,7-,10+/m0/s1. The Labute approximate surface area is 119 Å². The minimum absolute atomic E-state index is 0.196. The summed E-state index contributed by atoms with van der Waals surface area (Å²) in [6.07, 6.45) is -2.99. The number of nitrogen functional groups attached to an aromatic ring is 1. The predicted molar refractivity (Wildman–Crippen MR) is 72.3 cm³/mol. The fraction of sp³-hybridized carbons (Fsp3) is 0.545. The average Bonchev–Trinajstić information content (AvgIpc) is 2.99. The van der Waals surface area contributed by atoms with Gasteiger partial charge in [-0.05, 0) is 0 Å². The molecule has 1 aliphatic heterocycles. The van der Waals surface area contributed by atoms with Gasteiger partial charge < -0.3 is 31.1 Å².